The zero-order valence-electron chi connectivity index (χ0n) is 23.4. The van der Waals surface area contributed by atoms with Crippen molar-refractivity contribution in [1.29, 1.82) is 5.26 Å². The van der Waals surface area contributed by atoms with E-state index in [2.05, 4.69) is 88.7 Å². The van der Waals surface area contributed by atoms with Crippen LogP contribution in [0.5, 0.6) is 0 Å². The minimum atomic E-state index is -0.380. The van der Waals surface area contributed by atoms with E-state index in [1.165, 1.54) is 30.0 Å². The van der Waals surface area contributed by atoms with Gasteiger partial charge in [0.1, 0.15) is 5.54 Å². The maximum atomic E-state index is 9.01. The van der Waals surface area contributed by atoms with E-state index >= 15 is 0 Å². The summed E-state index contributed by atoms with van der Waals surface area (Å²) in [5.74, 6) is 0. The molecule has 0 aromatic heterocycles. The Bertz CT molecular complexity index is 638. The van der Waals surface area contributed by atoms with Crippen LogP contribution in [0.3, 0.4) is 0 Å². The van der Waals surface area contributed by atoms with E-state index in [9.17, 15) is 0 Å². The molecule has 0 saturated heterocycles. The van der Waals surface area contributed by atoms with Crippen LogP contribution in [0.2, 0.25) is 0 Å². The van der Waals surface area contributed by atoms with Gasteiger partial charge >= 0.3 is 0 Å². The highest BCUT2D eigenvalue weighted by Gasteiger charge is 2.19. The molecule has 5 heteroatoms. The molecular formula is C27H53N5. The first-order valence-electron chi connectivity index (χ1n) is 12.2. The van der Waals surface area contributed by atoms with Crippen LogP contribution in [0.15, 0.2) is 15.0 Å². The number of hydrogen-bond acceptors (Lipinski definition) is 5. The summed E-state index contributed by atoms with van der Waals surface area (Å²) in [5.41, 5.74) is 3.45. The summed E-state index contributed by atoms with van der Waals surface area (Å²) in [5, 5.41) is 12.1. The molecule has 1 N–H and O–H groups in total. The largest absolute Gasteiger partial charge is 0.303 e. The first kappa shape index (κ1) is 32.6. The van der Waals surface area contributed by atoms with Crippen molar-refractivity contribution in [2.75, 3.05) is 14.1 Å². The molecule has 0 rings (SSSR count). The monoisotopic (exact) mass is 447 g/mol. The highest BCUT2D eigenvalue weighted by atomic mass is 14.9. The fourth-order valence-electron chi connectivity index (χ4n) is 3.23. The van der Waals surface area contributed by atoms with Crippen molar-refractivity contribution in [2.24, 2.45) is 15.0 Å². The van der Waals surface area contributed by atoms with Gasteiger partial charge in [0.05, 0.1) is 17.1 Å². The lowest BCUT2D eigenvalue weighted by Crippen LogP contribution is -2.37. The van der Waals surface area contributed by atoms with Gasteiger partial charge in [-0.05, 0) is 121 Å². The molecule has 32 heavy (non-hydrogen) atoms. The molecule has 0 aliphatic heterocycles. The number of aliphatic imine (C=N–C) groups is 3. The van der Waals surface area contributed by atoms with Crippen molar-refractivity contribution in [2.45, 2.75) is 137 Å². The van der Waals surface area contributed by atoms with Crippen LogP contribution < -0.4 is 5.32 Å². The average molecular weight is 448 g/mol. The predicted molar refractivity (Wildman–Crippen MR) is 145 cm³/mol. The number of rotatable bonds is 11. The van der Waals surface area contributed by atoms with Crippen LogP contribution >= 0.6 is 0 Å². The highest BCUT2D eigenvalue weighted by Crippen LogP contribution is 2.15. The summed E-state index contributed by atoms with van der Waals surface area (Å²) in [6.07, 6.45) is 8.77. The van der Waals surface area contributed by atoms with Crippen molar-refractivity contribution >= 4 is 17.1 Å². The second-order valence-corrected chi connectivity index (χ2v) is 11.1. The summed E-state index contributed by atoms with van der Waals surface area (Å²) in [7, 11) is 3.71. The lowest BCUT2D eigenvalue weighted by Gasteiger charge is -2.20. The van der Waals surface area contributed by atoms with Gasteiger partial charge in [0.2, 0.25) is 0 Å². The second kappa shape index (κ2) is 16.1. The van der Waals surface area contributed by atoms with E-state index in [0.29, 0.717) is 0 Å². The second-order valence-electron chi connectivity index (χ2n) is 11.1. The van der Waals surface area contributed by atoms with Crippen LogP contribution in [-0.4, -0.2) is 47.8 Å². The van der Waals surface area contributed by atoms with Crippen LogP contribution in [-0.2, 0) is 0 Å². The standard InChI is InChI=1S/C14H27N3.C13H26N2/c1-12(17-13(2,3)4)9-7-8-10-14(5,11-15)16-6;1-11(14-6)9-7-8-10-12(2)15-13(3,4)5/h16H,7-10H2,1-6H3;7-10H2,1-6H3. The summed E-state index contributed by atoms with van der Waals surface area (Å²) in [6.45, 7) is 21.0. The Kier molecular flexibility index (Phi) is 16.5. The molecule has 186 valence electrons. The van der Waals surface area contributed by atoms with E-state index in [1.807, 2.05) is 21.0 Å². The van der Waals surface area contributed by atoms with Crippen LogP contribution in [0.4, 0.5) is 0 Å². The van der Waals surface area contributed by atoms with E-state index in [1.54, 1.807) is 0 Å². The van der Waals surface area contributed by atoms with Crippen molar-refractivity contribution < 1.29 is 0 Å². The minimum absolute atomic E-state index is 0.0240. The van der Waals surface area contributed by atoms with Gasteiger partial charge in [-0.25, -0.2) is 0 Å². The van der Waals surface area contributed by atoms with Gasteiger partial charge in [0, 0.05) is 24.2 Å². The molecule has 0 aliphatic carbocycles. The number of nitrogens with one attached hydrogen (secondary N) is 1. The fourth-order valence-corrected chi connectivity index (χ4v) is 3.23. The normalized spacial score (nSPS) is 15.5. The number of hydrogen-bond donors (Lipinski definition) is 1. The zero-order valence-corrected chi connectivity index (χ0v) is 23.4. The van der Waals surface area contributed by atoms with Crippen LogP contribution in [0, 0.1) is 11.3 Å². The minimum Gasteiger partial charge on any atom is -0.303 e. The third-order valence-electron chi connectivity index (χ3n) is 5.03. The van der Waals surface area contributed by atoms with Crippen LogP contribution in [0.1, 0.15) is 121 Å². The summed E-state index contributed by atoms with van der Waals surface area (Å²) < 4.78 is 0. The molecule has 0 aromatic carbocycles. The first-order chi connectivity index (χ1) is 14.6. The van der Waals surface area contributed by atoms with Gasteiger partial charge < -0.3 is 5.32 Å². The molecule has 1 atom stereocenters. The SMILES string of the molecule is CN=C(C)CCCCC(C)=NC(C)(C)C.CNC(C)(C#N)CCCCC(C)=NC(C)(C)C. The Hall–Kier alpha value is -1.54. The third kappa shape index (κ3) is 21.7. The maximum absolute atomic E-state index is 9.01. The van der Waals surface area contributed by atoms with Crippen molar-refractivity contribution in [1.82, 2.24) is 5.32 Å². The van der Waals surface area contributed by atoms with Gasteiger partial charge in [-0.15, -0.1) is 0 Å². The highest BCUT2D eigenvalue weighted by molar-refractivity contribution is 5.83. The molecule has 0 aliphatic rings. The van der Waals surface area contributed by atoms with Crippen molar-refractivity contribution in [3.8, 4) is 6.07 Å². The maximum Gasteiger partial charge on any atom is 0.103 e. The van der Waals surface area contributed by atoms with Crippen LogP contribution in [0.25, 0.3) is 0 Å². The molecule has 0 saturated carbocycles. The van der Waals surface area contributed by atoms with Gasteiger partial charge in [-0.1, -0.05) is 6.42 Å². The Morgan fingerprint density at radius 2 is 1.09 bits per heavy atom. The topological polar surface area (TPSA) is 72.9 Å². The molecule has 0 amide bonds. The summed E-state index contributed by atoms with van der Waals surface area (Å²) >= 11 is 0. The molecule has 0 spiro atoms. The van der Waals surface area contributed by atoms with E-state index in [-0.39, 0.29) is 16.6 Å². The summed E-state index contributed by atoms with van der Waals surface area (Å²) in [4.78, 5) is 13.4. The van der Waals surface area contributed by atoms with Gasteiger partial charge in [-0.2, -0.15) is 5.26 Å². The predicted octanol–water partition coefficient (Wildman–Crippen LogP) is 7.20. The first-order valence-corrected chi connectivity index (χ1v) is 12.2. The molecular weight excluding hydrogens is 394 g/mol. The van der Waals surface area contributed by atoms with Crippen molar-refractivity contribution in [3.63, 3.8) is 0 Å². The van der Waals surface area contributed by atoms with E-state index in [4.69, 9.17) is 5.26 Å². The third-order valence-corrected chi connectivity index (χ3v) is 5.03. The average Bonchev–Trinajstić information content (AvgIpc) is 2.66. The lowest BCUT2D eigenvalue weighted by molar-refractivity contribution is 0.435. The molecule has 0 fully saturated rings. The fraction of sp³-hybridized carbons (Fsp3) is 0.852. The molecule has 1 unspecified atom stereocenters. The van der Waals surface area contributed by atoms with Gasteiger partial charge in [-0.3, -0.25) is 15.0 Å². The quantitative estimate of drug-likeness (QED) is 0.268. The Balaban J connectivity index is 0. The summed E-state index contributed by atoms with van der Waals surface area (Å²) in [6, 6.07) is 2.31. The molecule has 0 aromatic rings. The number of nitriles is 1. The smallest absolute Gasteiger partial charge is 0.103 e. The zero-order chi connectivity index (χ0) is 25.4. The Morgan fingerprint density at radius 3 is 1.41 bits per heavy atom. The Labute approximate surface area is 200 Å². The number of nitrogens with zero attached hydrogens (tertiary/aromatic N) is 4. The molecule has 0 heterocycles. The molecule has 0 bridgehead atoms. The van der Waals surface area contributed by atoms with E-state index < -0.39 is 0 Å². The van der Waals surface area contributed by atoms with Gasteiger partial charge in [0.25, 0.3) is 0 Å². The molecule has 5 nitrogen and oxygen atoms in total. The molecule has 0 radical (unpaired) electrons. The lowest BCUT2D eigenvalue weighted by atomic mass is 9.96. The van der Waals surface area contributed by atoms with Gasteiger partial charge in [0.15, 0.2) is 0 Å². The van der Waals surface area contributed by atoms with E-state index in [0.717, 1.165) is 38.5 Å². The number of unbranched alkanes of at least 4 members (excludes halogenated alkanes) is 2. The Morgan fingerprint density at radius 1 is 0.719 bits per heavy atom. The van der Waals surface area contributed by atoms with Crippen molar-refractivity contribution in [3.05, 3.63) is 0 Å².